The van der Waals surface area contributed by atoms with Crippen molar-refractivity contribution in [2.45, 2.75) is 24.8 Å². The Morgan fingerprint density at radius 2 is 2.11 bits per heavy atom. The van der Waals surface area contributed by atoms with Crippen molar-refractivity contribution in [3.63, 3.8) is 0 Å². The smallest absolute Gasteiger partial charge is 0.242 e. The van der Waals surface area contributed by atoms with Crippen LogP contribution in [0.1, 0.15) is 18.4 Å². The number of halogens is 2. The third-order valence-electron chi connectivity index (χ3n) is 3.29. The number of nitrogens with zero attached hydrogens (tertiary/aromatic N) is 1. The van der Waals surface area contributed by atoms with Crippen LogP contribution in [0.2, 0.25) is 0 Å². The Balaban J connectivity index is 1.93. The maximum absolute atomic E-state index is 13.4. The summed E-state index contributed by atoms with van der Waals surface area (Å²) in [5.41, 5.74) is 5.50. The number of nitrogens with two attached hydrogens (primary N) is 1. The largest absolute Gasteiger partial charge is 0.344 e. The van der Waals surface area contributed by atoms with Gasteiger partial charge in [0.15, 0.2) is 0 Å². The third-order valence-corrected chi connectivity index (χ3v) is 3.29. The monoisotopic (exact) mass is 254 g/mol. The molecule has 1 aromatic carbocycles. The van der Waals surface area contributed by atoms with Crippen LogP contribution < -0.4 is 5.73 Å². The average Bonchev–Trinajstić information content (AvgIpc) is 3.06. The van der Waals surface area contributed by atoms with Crippen molar-refractivity contribution in [3.8, 4) is 0 Å². The van der Waals surface area contributed by atoms with Gasteiger partial charge in [-0.05, 0) is 30.9 Å². The molecule has 2 N–H and O–H groups in total. The Kier molecular flexibility index (Phi) is 3.34. The number of benzene rings is 1. The molecule has 18 heavy (non-hydrogen) atoms. The van der Waals surface area contributed by atoms with E-state index in [1.165, 1.54) is 17.0 Å². The molecule has 0 atom stereocenters. The number of amides is 1. The first kappa shape index (κ1) is 13.0. The summed E-state index contributed by atoms with van der Waals surface area (Å²) in [5.74, 6) is -1.28. The molecular weight excluding hydrogens is 238 g/mol. The molecular formula is C13H16F2N2O. The Hall–Kier alpha value is -1.49. The van der Waals surface area contributed by atoms with Crippen molar-refractivity contribution >= 4 is 5.91 Å². The molecule has 0 aromatic heterocycles. The van der Waals surface area contributed by atoms with E-state index in [1.54, 1.807) is 7.05 Å². The van der Waals surface area contributed by atoms with Gasteiger partial charge in [-0.3, -0.25) is 4.79 Å². The minimum Gasteiger partial charge on any atom is -0.344 e. The van der Waals surface area contributed by atoms with Crippen molar-refractivity contribution in [2.75, 3.05) is 13.6 Å². The molecule has 1 aliphatic rings. The first-order valence-corrected chi connectivity index (χ1v) is 5.91. The summed E-state index contributed by atoms with van der Waals surface area (Å²) in [6.07, 6.45) is 1.77. The first-order chi connectivity index (χ1) is 8.42. The van der Waals surface area contributed by atoms with Crippen molar-refractivity contribution < 1.29 is 13.6 Å². The summed E-state index contributed by atoms with van der Waals surface area (Å²) in [7, 11) is 1.65. The second-order valence-corrected chi connectivity index (χ2v) is 4.87. The lowest BCUT2D eigenvalue weighted by molar-refractivity contribution is -0.132. The zero-order valence-corrected chi connectivity index (χ0v) is 10.2. The zero-order valence-electron chi connectivity index (χ0n) is 10.2. The molecule has 0 heterocycles. The molecule has 0 saturated heterocycles. The Labute approximate surface area is 105 Å². The quantitative estimate of drug-likeness (QED) is 0.884. The lowest BCUT2D eigenvalue weighted by Gasteiger charge is -2.20. The SMILES string of the molecule is CN(CCc1ccc(F)cc1F)C(=O)C1(N)CC1. The van der Waals surface area contributed by atoms with Crippen molar-refractivity contribution in [3.05, 3.63) is 35.4 Å². The van der Waals surface area contributed by atoms with Gasteiger partial charge in [-0.25, -0.2) is 8.78 Å². The van der Waals surface area contributed by atoms with Crippen LogP contribution in [-0.2, 0) is 11.2 Å². The zero-order chi connectivity index (χ0) is 13.3. The van der Waals surface area contributed by atoms with Gasteiger partial charge in [-0.2, -0.15) is 0 Å². The fraction of sp³-hybridized carbons (Fsp3) is 0.462. The van der Waals surface area contributed by atoms with Gasteiger partial charge >= 0.3 is 0 Å². The van der Waals surface area contributed by atoms with Crippen LogP contribution in [0.15, 0.2) is 18.2 Å². The molecule has 0 bridgehead atoms. The average molecular weight is 254 g/mol. The number of carbonyl (C=O) groups is 1. The van der Waals surface area contributed by atoms with E-state index < -0.39 is 17.2 Å². The standard InChI is InChI=1S/C13H16F2N2O/c1-17(12(18)13(16)5-6-13)7-4-9-2-3-10(14)8-11(9)15/h2-3,8H,4-7,16H2,1H3. The number of carbonyl (C=O) groups excluding carboxylic acids is 1. The van der Waals surface area contributed by atoms with Gasteiger partial charge in [-0.15, -0.1) is 0 Å². The second-order valence-electron chi connectivity index (χ2n) is 4.87. The molecule has 3 nitrogen and oxygen atoms in total. The first-order valence-electron chi connectivity index (χ1n) is 5.91. The van der Waals surface area contributed by atoms with E-state index in [4.69, 9.17) is 5.73 Å². The molecule has 0 radical (unpaired) electrons. The lowest BCUT2D eigenvalue weighted by atomic mass is 10.1. The topological polar surface area (TPSA) is 46.3 Å². The van der Waals surface area contributed by atoms with Gasteiger partial charge < -0.3 is 10.6 Å². The summed E-state index contributed by atoms with van der Waals surface area (Å²) in [4.78, 5) is 13.3. The Bertz CT molecular complexity index is 472. The lowest BCUT2D eigenvalue weighted by Crippen LogP contribution is -2.44. The minimum absolute atomic E-state index is 0.106. The molecule has 5 heteroatoms. The van der Waals surface area contributed by atoms with E-state index >= 15 is 0 Å². The molecule has 1 saturated carbocycles. The summed E-state index contributed by atoms with van der Waals surface area (Å²) in [5, 5.41) is 0. The minimum atomic E-state index is -0.698. The number of hydrogen-bond donors (Lipinski definition) is 1. The molecule has 2 rings (SSSR count). The number of likely N-dealkylation sites (N-methyl/N-ethyl adjacent to an activating group) is 1. The highest BCUT2D eigenvalue weighted by Crippen LogP contribution is 2.33. The van der Waals surface area contributed by atoms with Gasteiger partial charge in [0.1, 0.15) is 11.6 Å². The van der Waals surface area contributed by atoms with Crippen LogP contribution in [-0.4, -0.2) is 29.9 Å². The molecule has 0 aliphatic heterocycles. The van der Waals surface area contributed by atoms with Gasteiger partial charge in [0.2, 0.25) is 5.91 Å². The van der Waals surface area contributed by atoms with E-state index in [0.29, 0.717) is 31.4 Å². The van der Waals surface area contributed by atoms with Crippen molar-refractivity contribution in [1.29, 1.82) is 0 Å². The van der Waals surface area contributed by atoms with E-state index in [1.807, 2.05) is 0 Å². The maximum Gasteiger partial charge on any atom is 0.242 e. The Morgan fingerprint density at radius 1 is 1.44 bits per heavy atom. The fourth-order valence-corrected chi connectivity index (χ4v) is 1.84. The van der Waals surface area contributed by atoms with E-state index in [0.717, 1.165) is 6.07 Å². The number of rotatable bonds is 4. The van der Waals surface area contributed by atoms with Crippen molar-refractivity contribution in [2.24, 2.45) is 5.73 Å². The van der Waals surface area contributed by atoms with Crippen LogP contribution in [0.4, 0.5) is 8.78 Å². The predicted molar refractivity (Wildman–Crippen MR) is 63.9 cm³/mol. The fourth-order valence-electron chi connectivity index (χ4n) is 1.84. The van der Waals surface area contributed by atoms with Crippen LogP contribution in [0.25, 0.3) is 0 Å². The molecule has 0 unspecified atom stereocenters. The van der Waals surface area contributed by atoms with E-state index in [9.17, 15) is 13.6 Å². The second kappa shape index (κ2) is 4.65. The number of hydrogen-bond acceptors (Lipinski definition) is 2. The summed E-state index contributed by atoms with van der Waals surface area (Å²) in [6, 6.07) is 3.46. The van der Waals surface area contributed by atoms with Crippen LogP contribution in [0.3, 0.4) is 0 Å². The van der Waals surface area contributed by atoms with Crippen LogP contribution >= 0.6 is 0 Å². The van der Waals surface area contributed by atoms with Crippen LogP contribution in [0.5, 0.6) is 0 Å². The highest BCUT2D eigenvalue weighted by atomic mass is 19.1. The summed E-state index contributed by atoms with van der Waals surface area (Å²) < 4.78 is 26.1. The molecule has 1 fully saturated rings. The predicted octanol–water partition coefficient (Wildman–Crippen LogP) is 1.46. The van der Waals surface area contributed by atoms with Gasteiger partial charge in [0.25, 0.3) is 0 Å². The van der Waals surface area contributed by atoms with Crippen molar-refractivity contribution in [1.82, 2.24) is 4.90 Å². The van der Waals surface area contributed by atoms with E-state index in [2.05, 4.69) is 0 Å². The van der Waals surface area contributed by atoms with E-state index in [-0.39, 0.29) is 5.91 Å². The highest BCUT2D eigenvalue weighted by molar-refractivity contribution is 5.88. The van der Waals surface area contributed by atoms with Gasteiger partial charge in [0.05, 0.1) is 5.54 Å². The van der Waals surface area contributed by atoms with Gasteiger partial charge in [-0.1, -0.05) is 6.07 Å². The normalized spacial score (nSPS) is 16.4. The highest BCUT2D eigenvalue weighted by Gasteiger charge is 2.47. The molecule has 0 spiro atoms. The summed E-state index contributed by atoms with van der Waals surface area (Å²) >= 11 is 0. The Morgan fingerprint density at radius 3 is 2.67 bits per heavy atom. The molecule has 1 aliphatic carbocycles. The molecule has 98 valence electrons. The third kappa shape index (κ3) is 2.67. The maximum atomic E-state index is 13.4. The van der Waals surface area contributed by atoms with Crippen LogP contribution in [0, 0.1) is 11.6 Å². The van der Waals surface area contributed by atoms with Gasteiger partial charge in [0, 0.05) is 19.7 Å². The molecule has 1 amide bonds. The molecule has 1 aromatic rings. The summed E-state index contributed by atoms with van der Waals surface area (Å²) in [6.45, 7) is 0.375.